The summed E-state index contributed by atoms with van der Waals surface area (Å²) in [6.45, 7) is 1.37. The highest BCUT2D eigenvalue weighted by Gasteiger charge is 2.35. The van der Waals surface area contributed by atoms with Crippen LogP contribution in [0.4, 0.5) is 13.2 Å². The summed E-state index contributed by atoms with van der Waals surface area (Å²) in [5, 5.41) is 2.78. The lowest BCUT2D eigenvalue weighted by Gasteiger charge is -2.16. The number of ether oxygens (including phenoxy) is 1. The molecule has 128 valence electrons. The van der Waals surface area contributed by atoms with E-state index < -0.39 is 18.5 Å². The van der Waals surface area contributed by atoms with Crippen molar-refractivity contribution in [3.63, 3.8) is 0 Å². The van der Waals surface area contributed by atoms with Gasteiger partial charge in [0.15, 0.2) is 0 Å². The van der Waals surface area contributed by atoms with Gasteiger partial charge in [0.1, 0.15) is 5.75 Å². The molecule has 1 aliphatic rings. The second-order valence-corrected chi connectivity index (χ2v) is 5.84. The Labute approximate surface area is 133 Å². The molecule has 1 atom stereocenters. The van der Waals surface area contributed by atoms with Crippen LogP contribution in [-0.4, -0.2) is 43.7 Å². The Morgan fingerprint density at radius 3 is 2.91 bits per heavy atom. The number of likely N-dealkylation sites (tertiary alicyclic amines) is 1. The van der Waals surface area contributed by atoms with E-state index in [1.54, 1.807) is 12.0 Å². The van der Waals surface area contributed by atoms with Gasteiger partial charge >= 0.3 is 6.18 Å². The van der Waals surface area contributed by atoms with Crippen molar-refractivity contribution < 1.29 is 22.7 Å². The van der Waals surface area contributed by atoms with Gasteiger partial charge in [0, 0.05) is 19.5 Å². The lowest BCUT2D eigenvalue weighted by atomic mass is 10.1. The number of nitrogens with zero attached hydrogens (tertiary/aromatic N) is 1. The number of hydrogen-bond acceptors (Lipinski definition) is 3. The van der Waals surface area contributed by atoms with Crippen LogP contribution in [0, 0.1) is 5.92 Å². The maximum absolute atomic E-state index is 12.4. The van der Waals surface area contributed by atoms with Crippen molar-refractivity contribution in [3.8, 4) is 5.75 Å². The van der Waals surface area contributed by atoms with E-state index in [1.165, 1.54) is 0 Å². The van der Waals surface area contributed by atoms with Gasteiger partial charge in [0.25, 0.3) is 0 Å². The second kappa shape index (κ2) is 7.68. The number of carbonyl (C=O) groups excluding carboxylic acids is 1. The first kappa shape index (κ1) is 17.6. The Bertz CT molecular complexity index is 534. The van der Waals surface area contributed by atoms with Crippen LogP contribution >= 0.6 is 0 Å². The van der Waals surface area contributed by atoms with Gasteiger partial charge in [0.2, 0.25) is 5.91 Å². The number of nitrogens with one attached hydrogen (secondary N) is 1. The van der Waals surface area contributed by atoms with Gasteiger partial charge in [-0.25, -0.2) is 0 Å². The summed E-state index contributed by atoms with van der Waals surface area (Å²) in [4.78, 5) is 13.7. The fourth-order valence-electron chi connectivity index (χ4n) is 2.79. The van der Waals surface area contributed by atoms with Gasteiger partial charge in [0.05, 0.1) is 13.7 Å². The topological polar surface area (TPSA) is 41.6 Å². The fraction of sp³-hybridized carbons (Fsp3) is 0.562. The summed E-state index contributed by atoms with van der Waals surface area (Å²) in [7, 11) is 1.57. The summed E-state index contributed by atoms with van der Waals surface area (Å²) in [6, 6.07) is 7.35. The number of halogens is 3. The molecule has 0 bridgehead atoms. The molecule has 23 heavy (non-hydrogen) atoms. The summed E-state index contributed by atoms with van der Waals surface area (Å²) in [5.74, 6) is 0.132. The maximum Gasteiger partial charge on any atom is 0.389 e. The van der Waals surface area contributed by atoms with Crippen molar-refractivity contribution in [1.82, 2.24) is 10.2 Å². The first-order valence-corrected chi connectivity index (χ1v) is 7.54. The molecule has 0 radical (unpaired) electrons. The molecule has 7 heteroatoms. The van der Waals surface area contributed by atoms with Crippen LogP contribution in [0.3, 0.4) is 0 Å². The lowest BCUT2D eigenvalue weighted by molar-refractivity contribution is -0.143. The zero-order valence-corrected chi connectivity index (χ0v) is 13.0. The molecule has 0 saturated carbocycles. The van der Waals surface area contributed by atoms with E-state index in [0.29, 0.717) is 31.8 Å². The highest BCUT2D eigenvalue weighted by molar-refractivity contribution is 5.78. The van der Waals surface area contributed by atoms with Crippen LogP contribution in [0.25, 0.3) is 0 Å². The summed E-state index contributed by atoms with van der Waals surface area (Å²) in [6.07, 6.45) is -4.41. The fourth-order valence-corrected chi connectivity index (χ4v) is 2.79. The Kier molecular flexibility index (Phi) is 5.87. The molecule has 1 heterocycles. The van der Waals surface area contributed by atoms with Crippen LogP contribution in [-0.2, 0) is 11.3 Å². The molecule has 2 rings (SSSR count). The van der Waals surface area contributed by atoms with Crippen LogP contribution in [0.1, 0.15) is 18.4 Å². The van der Waals surface area contributed by atoms with Crippen molar-refractivity contribution in [2.75, 3.05) is 26.7 Å². The molecule has 1 aromatic carbocycles. The minimum Gasteiger partial charge on any atom is -0.497 e. The highest BCUT2D eigenvalue weighted by Crippen LogP contribution is 2.30. The third-order valence-corrected chi connectivity index (χ3v) is 3.88. The number of methoxy groups -OCH3 is 1. The SMILES string of the molecule is COc1cccc(CNC(=O)CN2CCC(CC(F)(F)F)C2)c1. The predicted molar refractivity (Wildman–Crippen MR) is 80.1 cm³/mol. The minimum atomic E-state index is -4.13. The summed E-state index contributed by atoms with van der Waals surface area (Å²) >= 11 is 0. The number of benzene rings is 1. The average molecular weight is 330 g/mol. The molecular weight excluding hydrogens is 309 g/mol. The Balaban J connectivity index is 1.73. The standard InChI is InChI=1S/C16H21F3N2O2/c1-23-14-4-2-3-12(7-14)9-20-15(22)11-21-6-5-13(10-21)8-16(17,18)19/h2-4,7,13H,5-6,8-11H2,1H3,(H,20,22). The lowest BCUT2D eigenvalue weighted by Crippen LogP contribution is -2.36. The largest absolute Gasteiger partial charge is 0.497 e. The highest BCUT2D eigenvalue weighted by atomic mass is 19.4. The third kappa shape index (κ3) is 6.09. The molecule has 1 aromatic rings. The van der Waals surface area contributed by atoms with E-state index in [1.807, 2.05) is 24.3 Å². The molecule has 4 nitrogen and oxygen atoms in total. The van der Waals surface area contributed by atoms with Crippen LogP contribution < -0.4 is 10.1 Å². The molecule has 1 saturated heterocycles. The van der Waals surface area contributed by atoms with E-state index in [-0.39, 0.29) is 12.5 Å². The van der Waals surface area contributed by atoms with Gasteiger partial charge in [-0.3, -0.25) is 9.69 Å². The molecule has 1 fully saturated rings. The molecule has 0 spiro atoms. The van der Waals surface area contributed by atoms with Gasteiger partial charge < -0.3 is 10.1 Å². The van der Waals surface area contributed by atoms with E-state index in [9.17, 15) is 18.0 Å². The average Bonchev–Trinajstić information content (AvgIpc) is 2.90. The van der Waals surface area contributed by atoms with Gasteiger partial charge in [-0.05, 0) is 36.6 Å². The second-order valence-electron chi connectivity index (χ2n) is 5.84. The van der Waals surface area contributed by atoms with Gasteiger partial charge in [-0.1, -0.05) is 12.1 Å². The van der Waals surface area contributed by atoms with Crippen molar-refractivity contribution >= 4 is 5.91 Å². The molecule has 0 aliphatic carbocycles. The molecular formula is C16H21F3N2O2. The molecule has 1 N–H and O–H groups in total. The summed E-state index contributed by atoms with van der Waals surface area (Å²) in [5.41, 5.74) is 0.911. The molecule has 1 unspecified atom stereocenters. The zero-order valence-electron chi connectivity index (χ0n) is 13.0. The quantitative estimate of drug-likeness (QED) is 0.872. The van der Waals surface area contributed by atoms with E-state index in [0.717, 1.165) is 5.56 Å². The Hall–Kier alpha value is -1.76. The van der Waals surface area contributed by atoms with Crippen molar-refractivity contribution in [3.05, 3.63) is 29.8 Å². The first-order valence-electron chi connectivity index (χ1n) is 7.54. The third-order valence-electron chi connectivity index (χ3n) is 3.88. The normalized spacial score (nSPS) is 18.9. The number of rotatable bonds is 6. The zero-order chi connectivity index (χ0) is 16.9. The molecule has 0 aromatic heterocycles. The predicted octanol–water partition coefficient (Wildman–Crippen LogP) is 2.59. The monoisotopic (exact) mass is 330 g/mol. The number of carbonyl (C=O) groups is 1. The van der Waals surface area contributed by atoms with Crippen LogP contribution in [0.5, 0.6) is 5.75 Å². The van der Waals surface area contributed by atoms with E-state index in [4.69, 9.17) is 4.74 Å². The van der Waals surface area contributed by atoms with Gasteiger partial charge in [-0.2, -0.15) is 13.2 Å². The number of alkyl halides is 3. The van der Waals surface area contributed by atoms with E-state index >= 15 is 0 Å². The van der Waals surface area contributed by atoms with Crippen LogP contribution in [0.2, 0.25) is 0 Å². The maximum atomic E-state index is 12.4. The van der Waals surface area contributed by atoms with Crippen LogP contribution in [0.15, 0.2) is 24.3 Å². The first-order chi connectivity index (χ1) is 10.9. The number of hydrogen-bond donors (Lipinski definition) is 1. The van der Waals surface area contributed by atoms with Crippen molar-refractivity contribution in [2.45, 2.75) is 25.6 Å². The Morgan fingerprint density at radius 2 is 2.22 bits per heavy atom. The van der Waals surface area contributed by atoms with Gasteiger partial charge in [-0.15, -0.1) is 0 Å². The minimum absolute atomic E-state index is 0.137. The molecule has 1 aliphatic heterocycles. The van der Waals surface area contributed by atoms with E-state index in [2.05, 4.69) is 5.32 Å². The smallest absolute Gasteiger partial charge is 0.389 e. The van der Waals surface area contributed by atoms with Crippen molar-refractivity contribution in [1.29, 1.82) is 0 Å². The Morgan fingerprint density at radius 1 is 1.43 bits per heavy atom. The number of amides is 1. The molecule has 1 amide bonds. The summed E-state index contributed by atoms with van der Waals surface area (Å²) < 4.78 is 42.2. The van der Waals surface area contributed by atoms with Crippen molar-refractivity contribution in [2.24, 2.45) is 5.92 Å².